The third-order valence-electron chi connectivity index (χ3n) is 1.59. The van der Waals surface area contributed by atoms with Gasteiger partial charge in [0.1, 0.15) is 16.7 Å². The minimum atomic E-state index is -4.20. The van der Waals surface area contributed by atoms with Crippen molar-refractivity contribution in [2.24, 2.45) is 0 Å². The largest absolute Gasteiger partial charge is 0.281 e. The zero-order valence-electron chi connectivity index (χ0n) is 7.29. The summed E-state index contributed by atoms with van der Waals surface area (Å²) in [5.74, 6) is 0. The van der Waals surface area contributed by atoms with Gasteiger partial charge < -0.3 is 0 Å². The maximum Gasteiger partial charge on any atom is 0.281 e. The number of hydrogen-bond donors (Lipinski definition) is 0. The van der Waals surface area contributed by atoms with E-state index in [0.29, 0.717) is 6.20 Å². The summed E-state index contributed by atoms with van der Waals surface area (Å²) in [6, 6.07) is 1.48. The van der Waals surface area contributed by atoms with Crippen LogP contribution in [0.1, 0.15) is 17.7 Å². The summed E-state index contributed by atoms with van der Waals surface area (Å²) in [5, 5.41) is 8.69. The van der Waals surface area contributed by atoms with Crippen LogP contribution >= 0.6 is 26.6 Å². The lowest BCUT2D eigenvalue weighted by molar-refractivity contribution is 0.145. The van der Waals surface area contributed by atoms with Gasteiger partial charge in [-0.25, -0.2) is 17.2 Å². The van der Waals surface area contributed by atoms with Crippen molar-refractivity contribution in [2.75, 3.05) is 0 Å². The number of pyridine rings is 1. The number of nitriles is 1. The van der Waals surface area contributed by atoms with Crippen molar-refractivity contribution in [3.63, 3.8) is 0 Å². The fraction of sp³-hybridized carbons (Fsp3) is 0.143. The normalized spacial score (nSPS) is 11.5. The molecule has 0 saturated heterocycles. The van der Waals surface area contributed by atoms with Crippen LogP contribution < -0.4 is 0 Å². The average Bonchev–Trinajstić information content (AvgIpc) is 2.15. The van der Waals surface area contributed by atoms with Crippen LogP contribution in [0.5, 0.6) is 0 Å². The molecule has 0 saturated carbocycles. The van der Waals surface area contributed by atoms with E-state index in [0.717, 1.165) is 0 Å². The van der Waals surface area contributed by atoms with Crippen molar-refractivity contribution in [3.8, 4) is 6.07 Å². The molecule has 1 heterocycles. The zero-order chi connectivity index (χ0) is 12.5. The molecule has 4 nitrogen and oxygen atoms in total. The second-order valence-electron chi connectivity index (χ2n) is 2.55. The quantitative estimate of drug-likeness (QED) is 0.781. The third kappa shape index (κ3) is 2.48. The fourth-order valence-electron chi connectivity index (χ4n) is 0.927. The van der Waals surface area contributed by atoms with Gasteiger partial charge in [-0.3, -0.25) is 4.98 Å². The van der Waals surface area contributed by atoms with Crippen molar-refractivity contribution in [1.82, 2.24) is 4.98 Å². The fourth-order valence-corrected chi connectivity index (χ4v) is 2.56. The van der Waals surface area contributed by atoms with E-state index in [1.165, 1.54) is 6.07 Å². The molecule has 0 amide bonds. The lowest BCUT2D eigenvalue weighted by Gasteiger charge is -2.06. The van der Waals surface area contributed by atoms with Crippen LogP contribution in [0.3, 0.4) is 0 Å². The highest BCUT2D eigenvalue weighted by Crippen LogP contribution is 2.32. The minimum Gasteiger partial charge on any atom is -0.253 e. The molecule has 0 aromatic carbocycles. The Balaban J connectivity index is 3.62. The van der Waals surface area contributed by atoms with E-state index in [2.05, 4.69) is 20.9 Å². The summed E-state index contributed by atoms with van der Waals surface area (Å²) in [6.45, 7) is 0. The second kappa shape index (κ2) is 4.61. The van der Waals surface area contributed by atoms with Gasteiger partial charge in [-0.2, -0.15) is 5.26 Å². The molecule has 0 fully saturated rings. The van der Waals surface area contributed by atoms with Gasteiger partial charge in [-0.15, -0.1) is 0 Å². The number of aromatic nitrogens is 1. The molecule has 86 valence electrons. The average molecular weight is 332 g/mol. The number of rotatable bonds is 2. The summed E-state index contributed by atoms with van der Waals surface area (Å²) >= 11 is 2.70. The molecule has 16 heavy (non-hydrogen) atoms. The second-order valence-corrected chi connectivity index (χ2v) is 5.87. The van der Waals surface area contributed by atoms with Gasteiger partial charge in [-0.1, -0.05) is 0 Å². The van der Waals surface area contributed by atoms with E-state index in [-0.39, 0.29) is 4.47 Å². The van der Waals surface area contributed by atoms with Gasteiger partial charge in [0.2, 0.25) is 0 Å². The van der Waals surface area contributed by atoms with Gasteiger partial charge in [0.15, 0.2) is 0 Å². The Hall–Kier alpha value is -0.780. The predicted molar refractivity (Wildman–Crippen MR) is 54.6 cm³/mol. The van der Waals surface area contributed by atoms with E-state index in [9.17, 15) is 17.2 Å². The van der Waals surface area contributed by atoms with E-state index in [1.807, 2.05) is 0 Å². The number of nitrogens with zero attached hydrogens (tertiary/aromatic N) is 2. The summed E-state index contributed by atoms with van der Waals surface area (Å²) in [7, 11) is 0.821. The van der Waals surface area contributed by atoms with Crippen molar-refractivity contribution >= 4 is 35.7 Å². The first-order valence-corrected chi connectivity index (χ1v) is 6.70. The maximum atomic E-state index is 12.4. The molecular weight excluding hydrogens is 330 g/mol. The smallest absolute Gasteiger partial charge is 0.253 e. The van der Waals surface area contributed by atoms with Gasteiger partial charge in [0.25, 0.3) is 15.5 Å². The van der Waals surface area contributed by atoms with Crippen LogP contribution in [0, 0.1) is 11.3 Å². The first-order chi connectivity index (χ1) is 7.29. The number of alkyl halides is 2. The number of hydrogen-bond acceptors (Lipinski definition) is 4. The molecule has 0 radical (unpaired) electrons. The van der Waals surface area contributed by atoms with Gasteiger partial charge in [-0.05, 0) is 15.9 Å². The van der Waals surface area contributed by atoms with Gasteiger partial charge in [0.05, 0.1) is 10.0 Å². The van der Waals surface area contributed by atoms with Crippen molar-refractivity contribution in [2.45, 2.75) is 11.3 Å². The SMILES string of the molecule is N#Cc1c(S(=O)(=O)Cl)cnc(C(F)F)c1Br. The predicted octanol–water partition coefficient (Wildman–Crippen LogP) is 2.58. The first kappa shape index (κ1) is 13.3. The highest BCUT2D eigenvalue weighted by molar-refractivity contribution is 9.10. The summed E-state index contributed by atoms with van der Waals surface area (Å²) in [4.78, 5) is 2.64. The zero-order valence-corrected chi connectivity index (χ0v) is 10.4. The molecule has 0 bridgehead atoms. The molecule has 0 unspecified atom stereocenters. The molecular formula is C7H2BrClF2N2O2S. The minimum absolute atomic E-state index is 0.369. The van der Waals surface area contributed by atoms with E-state index < -0.39 is 31.6 Å². The van der Waals surface area contributed by atoms with Crippen molar-refractivity contribution in [3.05, 3.63) is 21.9 Å². The molecule has 0 aliphatic heterocycles. The van der Waals surface area contributed by atoms with Gasteiger partial charge >= 0.3 is 0 Å². The Kier molecular flexibility index (Phi) is 3.83. The molecule has 0 spiro atoms. The Bertz CT molecular complexity index is 570. The molecule has 0 atom stereocenters. The highest BCUT2D eigenvalue weighted by atomic mass is 79.9. The number of halogens is 4. The summed E-state index contributed by atoms with van der Waals surface area (Å²) in [6.07, 6.45) is -2.29. The van der Waals surface area contributed by atoms with Crippen LogP contribution in [-0.2, 0) is 9.05 Å². The lowest BCUT2D eigenvalue weighted by atomic mass is 10.2. The molecule has 1 aromatic rings. The third-order valence-corrected chi connectivity index (χ3v) is 3.73. The van der Waals surface area contributed by atoms with E-state index in [1.54, 1.807) is 0 Å². The van der Waals surface area contributed by atoms with E-state index in [4.69, 9.17) is 15.9 Å². The highest BCUT2D eigenvalue weighted by Gasteiger charge is 2.24. The summed E-state index contributed by atoms with van der Waals surface area (Å²) < 4.78 is 46.4. The van der Waals surface area contributed by atoms with E-state index >= 15 is 0 Å². The van der Waals surface area contributed by atoms with Crippen LogP contribution in [0.4, 0.5) is 8.78 Å². The maximum absolute atomic E-state index is 12.4. The summed E-state index contributed by atoms with van der Waals surface area (Å²) in [5.41, 5.74) is -1.19. The van der Waals surface area contributed by atoms with Crippen LogP contribution in [0.15, 0.2) is 15.6 Å². The Labute approximate surface area is 102 Å². The Morgan fingerprint density at radius 1 is 1.56 bits per heavy atom. The van der Waals surface area contributed by atoms with Gasteiger partial charge in [0, 0.05) is 16.9 Å². The molecule has 1 rings (SSSR count). The standard InChI is InChI=1S/C7H2BrClF2N2O2S/c8-5-3(1-12)4(16(9,14)15)2-13-6(5)7(10)11/h2,7H. The molecule has 0 aliphatic rings. The molecule has 1 aromatic heterocycles. The topological polar surface area (TPSA) is 70.8 Å². The molecule has 9 heteroatoms. The molecule has 0 aliphatic carbocycles. The van der Waals surface area contributed by atoms with Crippen molar-refractivity contribution < 1.29 is 17.2 Å². The molecule has 0 N–H and O–H groups in total. The van der Waals surface area contributed by atoms with Crippen LogP contribution in [0.25, 0.3) is 0 Å². The lowest BCUT2D eigenvalue weighted by Crippen LogP contribution is -2.02. The van der Waals surface area contributed by atoms with Crippen molar-refractivity contribution in [1.29, 1.82) is 5.26 Å². The Morgan fingerprint density at radius 3 is 2.50 bits per heavy atom. The first-order valence-electron chi connectivity index (χ1n) is 3.60. The Morgan fingerprint density at radius 2 is 2.12 bits per heavy atom. The monoisotopic (exact) mass is 330 g/mol. The van der Waals surface area contributed by atoms with Crippen LogP contribution in [-0.4, -0.2) is 13.4 Å². The van der Waals surface area contributed by atoms with Crippen LogP contribution in [0.2, 0.25) is 0 Å².